The van der Waals surface area contributed by atoms with Gasteiger partial charge in [-0.2, -0.15) is 0 Å². The summed E-state index contributed by atoms with van der Waals surface area (Å²) >= 11 is 4.69. The smallest absolute Gasteiger partial charge is 0.274 e. The van der Waals surface area contributed by atoms with Crippen LogP contribution in [0.2, 0.25) is 0 Å². The van der Waals surface area contributed by atoms with Crippen LogP contribution >= 0.6 is 34.4 Å². The minimum absolute atomic E-state index is 0.0865. The number of thiazole rings is 2. The quantitative estimate of drug-likeness (QED) is 0.366. The van der Waals surface area contributed by atoms with Crippen LogP contribution in [-0.2, 0) is 4.79 Å². The Labute approximate surface area is 192 Å². The van der Waals surface area contributed by atoms with Crippen LogP contribution in [-0.4, -0.2) is 52.8 Å². The molecule has 1 fully saturated rings. The summed E-state index contributed by atoms with van der Waals surface area (Å²) in [4.78, 5) is 23.7. The van der Waals surface area contributed by atoms with Gasteiger partial charge in [-0.05, 0) is 30.3 Å². The largest absolute Gasteiger partial charge is 0.497 e. The molecule has 3 heterocycles. The highest BCUT2D eigenvalue weighted by molar-refractivity contribution is 8.01. The SMILES string of the molecule is COc1ccc2nc(OC3CCN(C(=O)CSc4nc5ccccc5s4)CC3)sc2c1. The van der Waals surface area contributed by atoms with Crippen molar-refractivity contribution in [3.63, 3.8) is 0 Å². The highest BCUT2D eigenvalue weighted by Gasteiger charge is 2.25. The molecule has 2 aromatic carbocycles. The topological polar surface area (TPSA) is 64.6 Å². The van der Waals surface area contributed by atoms with Gasteiger partial charge in [0.15, 0.2) is 4.34 Å². The molecule has 160 valence electrons. The Balaban J connectivity index is 1.12. The number of carbonyl (C=O) groups is 1. The molecule has 0 bridgehead atoms. The first-order valence-electron chi connectivity index (χ1n) is 10.1. The van der Waals surface area contributed by atoms with Gasteiger partial charge in [-0.25, -0.2) is 9.97 Å². The molecule has 2 aromatic heterocycles. The van der Waals surface area contributed by atoms with Gasteiger partial charge in [0.1, 0.15) is 11.9 Å². The van der Waals surface area contributed by atoms with Crippen molar-refractivity contribution in [1.82, 2.24) is 14.9 Å². The third-order valence-electron chi connectivity index (χ3n) is 5.23. The van der Waals surface area contributed by atoms with E-state index in [4.69, 9.17) is 9.47 Å². The van der Waals surface area contributed by atoms with Gasteiger partial charge < -0.3 is 14.4 Å². The fraction of sp³-hybridized carbons (Fsp3) is 0.318. The van der Waals surface area contributed by atoms with Crippen molar-refractivity contribution in [2.75, 3.05) is 26.0 Å². The maximum Gasteiger partial charge on any atom is 0.274 e. The molecule has 31 heavy (non-hydrogen) atoms. The van der Waals surface area contributed by atoms with Gasteiger partial charge in [0.05, 0.1) is 33.3 Å². The molecular weight excluding hydrogens is 450 g/mol. The minimum Gasteiger partial charge on any atom is -0.497 e. The second kappa shape index (κ2) is 9.02. The van der Waals surface area contributed by atoms with Gasteiger partial charge in [0.25, 0.3) is 5.19 Å². The molecule has 0 aliphatic carbocycles. The van der Waals surface area contributed by atoms with Crippen LogP contribution in [0.4, 0.5) is 0 Å². The van der Waals surface area contributed by atoms with Crippen LogP contribution in [0.5, 0.6) is 10.9 Å². The van der Waals surface area contributed by atoms with Gasteiger partial charge in [0, 0.05) is 25.9 Å². The van der Waals surface area contributed by atoms with E-state index < -0.39 is 0 Å². The summed E-state index contributed by atoms with van der Waals surface area (Å²) in [5.74, 6) is 1.40. The second-order valence-corrected chi connectivity index (χ2v) is 10.5. The number of thioether (sulfide) groups is 1. The Kier molecular flexibility index (Phi) is 5.97. The summed E-state index contributed by atoms with van der Waals surface area (Å²) in [7, 11) is 1.66. The molecule has 0 spiro atoms. The number of hydrogen-bond acceptors (Lipinski definition) is 8. The standard InChI is InChI=1S/C22H21N3O3S3/c1-27-15-6-7-17-19(12-15)30-21(23-17)28-14-8-10-25(11-9-14)20(26)13-29-22-24-16-4-2-3-5-18(16)31-22/h2-7,12,14H,8-11,13H2,1H3. The van der Waals surface area contributed by atoms with Crippen LogP contribution < -0.4 is 9.47 Å². The van der Waals surface area contributed by atoms with Gasteiger partial charge in [-0.15, -0.1) is 11.3 Å². The van der Waals surface area contributed by atoms with E-state index in [0.717, 1.165) is 43.4 Å². The Morgan fingerprint density at radius 2 is 1.90 bits per heavy atom. The molecule has 1 aliphatic heterocycles. The molecule has 1 aliphatic rings. The van der Waals surface area contributed by atoms with Crippen LogP contribution in [0.3, 0.4) is 0 Å². The predicted molar refractivity (Wildman–Crippen MR) is 127 cm³/mol. The zero-order valence-electron chi connectivity index (χ0n) is 16.9. The molecule has 0 N–H and O–H groups in total. The summed E-state index contributed by atoms with van der Waals surface area (Å²) in [6.45, 7) is 1.42. The lowest BCUT2D eigenvalue weighted by atomic mass is 10.1. The molecule has 0 atom stereocenters. The molecule has 1 saturated heterocycles. The molecule has 1 amide bonds. The third kappa shape index (κ3) is 4.63. The number of ether oxygens (including phenoxy) is 2. The van der Waals surface area contributed by atoms with E-state index >= 15 is 0 Å². The number of para-hydroxylation sites is 1. The Morgan fingerprint density at radius 1 is 1.10 bits per heavy atom. The van der Waals surface area contributed by atoms with Crippen molar-refractivity contribution >= 4 is 60.8 Å². The number of methoxy groups -OCH3 is 1. The Hall–Kier alpha value is -2.36. The lowest BCUT2D eigenvalue weighted by Gasteiger charge is -2.31. The normalized spacial score (nSPS) is 14.9. The number of fused-ring (bicyclic) bond motifs is 2. The highest BCUT2D eigenvalue weighted by Crippen LogP contribution is 2.33. The van der Waals surface area contributed by atoms with Gasteiger partial charge in [0.2, 0.25) is 5.91 Å². The summed E-state index contributed by atoms with van der Waals surface area (Å²) in [5.41, 5.74) is 1.91. The van der Waals surface area contributed by atoms with Crippen molar-refractivity contribution in [2.24, 2.45) is 0 Å². The molecule has 6 nitrogen and oxygen atoms in total. The fourth-order valence-corrected chi connectivity index (χ4v) is 6.44. The highest BCUT2D eigenvalue weighted by atomic mass is 32.2. The van der Waals surface area contributed by atoms with Crippen molar-refractivity contribution in [3.8, 4) is 10.9 Å². The first-order chi connectivity index (χ1) is 15.2. The van der Waals surface area contributed by atoms with E-state index in [1.807, 2.05) is 41.3 Å². The van der Waals surface area contributed by atoms with Gasteiger partial charge in [-0.3, -0.25) is 4.79 Å². The van der Waals surface area contributed by atoms with Crippen molar-refractivity contribution in [3.05, 3.63) is 42.5 Å². The number of piperidine rings is 1. The van der Waals surface area contributed by atoms with Crippen LogP contribution in [0, 0.1) is 0 Å². The number of aromatic nitrogens is 2. The van der Waals surface area contributed by atoms with Crippen LogP contribution in [0.25, 0.3) is 20.4 Å². The first-order valence-corrected chi connectivity index (χ1v) is 12.7. The number of hydrogen-bond donors (Lipinski definition) is 0. The number of nitrogens with zero attached hydrogens (tertiary/aromatic N) is 3. The van der Waals surface area contributed by atoms with E-state index in [9.17, 15) is 4.79 Å². The fourth-order valence-electron chi connectivity index (χ4n) is 3.55. The third-order valence-corrected chi connectivity index (χ3v) is 8.30. The molecule has 4 aromatic rings. The van der Waals surface area contributed by atoms with Crippen LogP contribution in [0.1, 0.15) is 12.8 Å². The molecule has 0 saturated carbocycles. The number of likely N-dealkylation sites (tertiary alicyclic amines) is 1. The first kappa shape index (κ1) is 20.5. The van der Waals surface area contributed by atoms with E-state index in [1.54, 1.807) is 18.4 Å². The lowest BCUT2D eigenvalue weighted by molar-refractivity contribution is -0.130. The maximum absolute atomic E-state index is 12.6. The van der Waals surface area contributed by atoms with Gasteiger partial charge in [-0.1, -0.05) is 35.2 Å². The van der Waals surface area contributed by atoms with E-state index in [2.05, 4.69) is 16.0 Å². The summed E-state index contributed by atoms with van der Waals surface area (Å²) in [6.07, 6.45) is 1.72. The van der Waals surface area contributed by atoms with E-state index in [-0.39, 0.29) is 12.0 Å². The zero-order valence-corrected chi connectivity index (χ0v) is 19.4. The molecule has 5 rings (SSSR count). The summed E-state index contributed by atoms with van der Waals surface area (Å²) < 4.78 is 14.5. The average Bonchev–Trinajstić information content (AvgIpc) is 3.40. The second-order valence-electron chi connectivity index (χ2n) is 7.25. The molecular formula is C22H21N3O3S3. The number of rotatable bonds is 6. The van der Waals surface area contributed by atoms with E-state index in [1.165, 1.54) is 23.1 Å². The Morgan fingerprint density at radius 3 is 2.71 bits per heavy atom. The molecule has 0 unspecified atom stereocenters. The number of carbonyl (C=O) groups excluding carboxylic acids is 1. The van der Waals surface area contributed by atoms with Crippen molar-refractivity contribution in [2.45, 2.75) is 23.3 Å². The average molecular weight is 472 g/mol. The number of benzene rings is 2. The lowest BCUT2D eigenvalue weighted by Crippen LogP contribution is -2.42. The summed E-state index contributed by atoms with van der Waals surface area (Å²) in [5, 5.41) is 0.680. The zero-order chi connectivity index (χ0) is 21.2. The van der Waals surface area contributed by atoms with Crippen molar-refractivity contribution in [1.29, 1.82) is 0 Å². The molecule has 0 radical (unpaired) electrons. The maximum atomic E-state index is 12.6. The minimum atomic E-state index is 0.0865. The van der Waals surface area contributed by atoms with Crippen LogP contribution in [0.15, 0.2) is 46.8 Å². The Bertz CT molecular complexity index is 1180. The van der Waals surface area contributed by atoms with E-state index in [0.29, 0.717) is 24.0 Å². The van der Waals surface area contributed by atoms with Gasteiger partial charge >= 0.3 is 0 Å². The predicted octanol–water partition coefficient (Wildman–Crippen LogP) is 5.08. The van der Waals surface area contributed by atoms with Crippen molar-refractivity contribution < 1.29 is 14.3 Å². The summed E-state index contributed by atoms with van der Waals surface area (Å²) in [6, 6.07) is 13.9. The number of amides is 1. The monoisotopic (exact) mass is 471 g/mol. The molecule has 9 heteroatoms.